The SMILES string of the molecule is CC1=CC2=Nc3cc(C)c(NCC(=O)NCCCNC(=O)c4cc(C(=O)NCCCNC(=O)CNC5=CC6C(=Nc7cc(C)c(N)cc7[NH+]6c6ccccc6)C=C5C)cc(C(=O)NCCCNC(=O)CNc5cc6c(cc5C)N=C5C=C(C)C(N)=CC5N6c5ccccc5)c4)cc3N(c3ccccc3)C2C=C1N.[Cl-]. The molecule has 3 aliphatic carbocycles. The zero-order valence-electron chi connectivity index (χ0n) is 61.8. The number of hydrogen-bond donors (Lipinski definition) is 13. The van der Waals surface area contributed by atoms with Gasteiger partial charge in [-0.1, -0.05) is 54.6 Å². The predicted molar refractivity (Wildman–Crippen MR) is 430 cm³/mol. The van der Waals surface area contributed by atoms with Gasteiger partial charge >= 0.3 is 0 Å². The van der Waals surface area contributed by atoms with Gasteiger partial charge in [0.25, 0.3) is 17.7 Å². The fraction of sp³-hybridized carbons (Fsp3) is 0.250. The van der Waals surface area contributed by atoms with Crippen LogP contribution in [-0.2, 0) is 14.4 Å². The molecule has 4 unspecified atom stereocenters. The van der Waals surface area contributed by atoms with Crippen molar-refractivity contribution in [3.63, 3.8) is 0 Å². The molecule has 3 aliphatic heterocycles. The van der Waals surface area contributed by atoms with Crippen LogP contribution in [0.2, 0.25) is 0 Å². The highest BCUT2D eigenvalue weighted by Gasteiger charge is 2.39. The Balaban J connectivity index is 0.0000111. The lowest BCUT2D eigenvalue weighted by molar-refractivity contribution is -0.770. The third kappa shape index (κ3) is 17.5. The molecule has 7 aromatic rings. The summed E-state index contributed by atoms with van der Waals surface area (Å²) in [7, 11) is 0. The van der Waals surface area contributed by atoms with E-state index >= 15 is 0 Å². The van der Waals surface area contributed by atoms with Crippen molar-refractivity contribution in [3.05, 3.63) is 249 Å². The van der Waals surface area contributed by atoms with Gasteiger partial charge in [-0.15, -0.1) is 0 Å². The largest absolute Gasteiger partial charge is 1.00 e. The van der Waals surface area contributed by atoms with Crippen molar-refractivity contribution >= 4 is 121 Å². The number of carbonyl (C=O) groups excluding carboxylic acids is 6. The molecule has 24 nitrogen and oxygen atoms in total. The van der Waals surface area contributed by atoms with Crippen LogP contribution in [0.5, 0.6) is 0 Å². The second-order valence-corrected chi connectivity index (χ2v) is 27.8. The summed E-state index contributed by atoms with van der Waals surface area (Å²) in [6.07, 6.45) is 13.4. The first-order valence-corrected chi connectivity index (χ1v) is 36.5. The van der Waals surface area contributed by atoms with Crippen LogP contribution in [0.4, 0.5) is 68.2 Å². The van der Waals surface area contributed by atoms with Crippen molar-refractivity contribution in [3.8, 4) is 0 Å². The van der Waals surface area contributed by atoms with Crippen molar-refractivity contribution in [1.82, 2.24) is 37.2 Å². The van der Waals surface area contributed by atoms with Gasteiger partial charge in [0.05, 0.1) is 65.9 Å². The third-order valence-corrected chi connectivity index (χ3v) is 19.9. The molecule has 0 bridgehead atoms. The van der Waals surface area contributed by atoms with Crippen LogP contribution in [-0.4, -0.2) is 130 Å². The van der Waals surface area contributed by atoms with E-state index in [0.717, 1.165) is 124 Å². The van der Waals surface area contributed by atoms with E-state index in [4.69, 9.17) is 32.2 Å². The number of hydrogen-bond acceptors (Lipinski definition) is 17. The molecule has 0 aromatic heterocycles. The third-order valence-electron chi connectivity index (χ3n) is 19.9. The Bertz CT molecular complexity index is 4810. The Kier molecular flexibility index (Phi) is 23.7. The Hall–Kier alpha value is -12.5. The van der Waals surface area contributed by atoms with Crippen molar-refractivity contribution in [1.29, 1.82) is 0 Å². The average Bonchev–Trinajstić information content (AvgIpc) is 0.754. The maximum absolute atomic E-state index is 14.0. The summed E-state index contributed by atoms with van der Waals surface area (Å²) in [6, 6.07) is 45.9. The summed E-state index contributed by atoms with van der Waals surface area (Å²) in [4.78, 5) is 102. The number of aryl methyl sites for hydroxylation is 3. The highest BCUT2D eigenvalue weighted by molar-refractivity contribution is 6.13. The first kappa shape index (κ1) is 76.1. The molecule has 7 aromatic carbocycles. The molecule has 0 fully saturated rings. The van der Waals surface area contributed by atoms with Crippen LogP contribution in [0.15, 0.2) is 231 Å². The molecule has 109 heavy (non-hydrogen) atoms. The topological polar surface area (TPSA) is 337 Å². The fourth-order valence-corrected chi connectivity index (χ4v) is 14.0. The Morgan fingerprint density at radius 2 is 0.807 bits per heavy atom. The monoisotopic (exact) mass is 1480 g/mol. The Labute approximate surface area is 640 Å². The van der Waals surface area contributed by atoms with Crippen LogP contribution in [0.3, 0.4) is 0 Å². The number of nitrogens with zero attached hydrogens (tertiary/aromatic N) is 5. The Morgan fingerprint density at radius 3 is 1.25 bits per heavy atom. The molecule has 25 heteroatoms. The number of fused-ring (bicyclic) bond motifs is 6. The summed E-state index contributed by atoms with van der Waals surface area (Å²) in [5.74, 6) is -2.37. The van der Waals surface area contributed by atoms with Crippen LogP contribution in [0.1, 0.15) is 87.8 Å². The van der Waals surface area contributed by atoms with Gasteiger partial charge < -0.3 is 87.3 Å². The van der Waals surface area contributed by atoms with E-state index in [1.54, 1.807) is 0 Å². The average molecular weight is 1480 g/mol. The number of anilines is 7. The number of nitrogens with two attached hydrogens (primary N) is 3. The minimum atomic E-state index is -0.538. The molecular formula is C84H91ClN18O6. The first-order valence-electron chi connectivity index (χ1n) is 36.5. The van der Waals surface area contributed by atoms with Crippen LogP contribution < -0.4 is 92.2 Å². The van der Waals surface area contributed by atoms with E-state index in [2.05, 4.69) is 81.9 Å². The van der Waals surface area contributed by atoms with E-state index < -0.39 is 17.7 Å². The summed E-state index contributed by atoms with van der Waals surface area (Å²) >= 11 is 0. The summed E-state index contributed by atoms with van der Waals surface area (Å²) in [5, 5.41) is 27.4. The number of aliphatic imine (C=N–C) groups is 3. The van der Waals surface area contributed by atoms with Crippen LogP contribution in [0, 0.1) is 20.8 Å². The number of para-hydroxylation sites is 3. The zero-order valence-corrected chi connectivity index (χ0v) is 62.6. The summed E-state index contributed by atoms with van der Waals surface area (Å²) in [6.45, 7) is 13.0. The number of allylic oxidation sites excluding steroid dienone is 3. The Morgan fingerprint density at radius 1 is 0.422 bits per heavy atom. The van der Waals surface area contributed by atoms with Gasteiger partial charge in [0, 0.05) is 114 Å². The van der Waals surface area contributed by atoms with Crippen LogP contribution >= 0.6 is 0 Å². The summed E-state index contributed by atoms with van der Waals surface area (Å²) < 4.78 is 0. The number of nitrogen functional groups attached to an aromatic ring is 1. The van der Waals surface area contributed by atoms with Crippen molar-refractivity contribution < 1.29 is 46.1 Å². The van der Waals surface area contributed by atoms with Gasteiger partial charge in [-0.2, -0.15) is 0 Å². The minimum absolute atomic E-state index is 0. The molecule has 0 saturated carbocycles. The first-order chi connectivity index (χ1) is 52.2. The second-order valence-electron chi connectivity index (χ2n) is 27.8. The van der Waals surface area contributed by atoms with Crippen molar-refractivity contribution in [2.75, 3.05) is 85.1 Å². The molecule has 0 spiro atoms. The molecule has 16 N–H and O–H groups in total. The van der Waals surface area contributed by atoms with Gasteiger partial charge in [0.1, 0.15) is 17.1 Å². The molecule has 4 atom stereocenters. The summed E-state index contributed by atoms with van der Waals surface area (Å²) in [5.41, 5.74) is 40.4. The molecule has 6 amide bonds. The van der Waals surface area contributed by atoms with Gasteiger partial charge in [-0.25, -0.2) is 15.0 Å². The molecule has 0 radical (unpaired) electrons. The number of halogens is 1. The number of rotatable bonds is 27. The number of benzene rings is 7. The number of amides is 6. The second kappa shape index (κ2) is 33.9. The lowest BCUT2D eigenvalue weighted by Crippen LogP contribution is -3.08. The fourth-order valence-electron chi connectivity index (χ4n) is 14.0. The van der Waals surface area contributed by atoms with Gasteiger partial charge in [0.15, 0.2) is 11.7 Å². The van der Waals surface area contributed by atoms with Crippen molar-refractivity contribution in [2.45, 2.75) is 78.9 Å². The molecule has 3 heterocycles. The van der Waals surface area contributed by atoms with Gasteiger partial charge in [-0.3, -0.25) is 33.7 Å². The maximum atomic E-state index is 14.0. The smallest absolute Gasteiger partial charge is 0.251 e. The standard InChI is InChI=1S/C84H90N18O6.ClH/c1-49-31-67-73(40-61(49)85)100(58-19-10-7-11-20-58)76-43-64(52(4)34-70(76)97-67)94-46-79(103)88-25-16-28-91-82(106)55-37-56(83(107)92-29-17-26-89-80(104)47-95-65-44-77-71(35-53(65)5)98-68-32-50(2)62(86)41-74(68)101(77)59-21-12-8-13-22-59)39-57(38-55)84(108)93-30-18-27-90-81(105)48-96-66-45-78-72(36-54(66)6)99-69-33-51(3)63(87)42-75(69)102(78)60-23-14-9-15-24-60;/h7-15,19-24,31-45,73-74,78,94-96H,16-18,25-30,46-48,85-87H2,1-6H3,(H,88,103)(H,89,104)(H,90,105)(H,91,106)(H,92,107)(H,93,108);1H. The predicted octanol–water partition coefficient (Wildman–Crippen LogP) is 6.36. The quantitative estimate of drug-likeness (QED) is 0.0197. The molecule has 6 aliphatic rings. The highest BCUT2D eigenvalue weighted by Crippen LogP contribution is 2.46. The maximum Gasteiger partial charge on any atom is 0.251 e. The normalized spacial score (nSPS) is 17.0. The zero-order chi connectivity index (χ0) is 75.7. The molecule has 13 rings (SSSR count). The lowest BCUT2D eigenvalue weighted by atomic mass is 9.93. The molecule has 0 saturated heterocycles. The van der Waals surface area contributed by atoms with E-state index in [0.29, 0.717) is 36.3 Å². The number of nitrogens with one attached hydrogen (secondary N) is 10. The molecule has 560 valence electrons. The van der Waals surface area contributed by atoms with Crippen LogP contribution in [0.25, 0.3) is 0 Å². The van der Waals surface area contributed by atoms with Gasteiger partial charge in [0.2, 0.25) is 17.7 Å². The lowest BCUT2D eigenvalue weighted by Gasteiger charge is -2.38. The van der Waals surface area contributed by atoms with E-state index in [1.807, 2.05) is 181 Å². The molecular weight excluding hydrogens is 1390 g/mol. The van der Waals surface area contributed by atoms with Crippen molar-refractivity contribution in [2.24, 2.45) is 26.4 Å². The number of carbonyl (C=O) groups is 6. The number of quaternary nitrogens is 1. The van der Waals surface area contributed by atoms with Gasteiger partial charge in [-0.05, 0) is 210 Å². The van der Waals surface area contributed by atoms with E-state index in [-0.39, 0.29) is 124 Å². The minimum Gasteiger partial charge on any atom is -1.00 e. The van der Waals surface area contributed by atoms with E-state index in [9.17, 15) is 28.8 Å². The highest BCUT2D eigenvalue weighted by atomic mass is 35.5. The van der Waals surface area contributed by atoms with E-state index in [1.165, 1.54) is 18.2 Å².